The number of rotatable bonds is 4. The Labute approximate surface area is 169 Å². The van der Waals surface area contributed by atoms with Crippen molar-refractivity contribution in [2.45, 2.75) is 32.9 Å². The predicted molar refractivity (Wildman–Crippen MR) is 113 cm³/mol. The van der Waals surface area contributed by atoms with E-state index < -0.39 is 12.0 Å². The van der Waals surface area contributed by atoms with E-state index in [1.54, 1.807) is 42.5 Å². The van der Waals surface area contributed by atoms with Crippen LogP contribution in [0.15, 0.2) is 60.7 Å². The first kappa shape index (κ1) is 20.2. The van der Waals surface area contributed by atoms with Gasteiger partial charge in [-0.3, -0.25) is 4.79 Å². The number of alkyl carbamates (subject to hydrolysis) is 1. The number of nitrogens with one attached hydrogen (secondary N) is 2. The lowest BCUT2D eigenvalue weighted by molar-refractivity contribution is 0.102. The van der Waals surface area contributed by atoms with Crippen molar-refractivity contribution in [3.05, 3.63) is 71.8 Å². The van der Waals surface area contributed by atoms with Crippen LogP contribution < -0.4 is 10.6 Å². The highest BCUT2D eigenvalue weighted by molar-refractivity contribution is 6.09. The number of hydrogen-bond donors (Lipinski definition) is 3. The molecule has 3 rings (SSSR count). The highest BCUT2D eigenvalue weighted by Gasteiger charge is 2.15. The maximum Gasteiger partial charge on any atom is 0.407 e. The van der Waals surface area contributed by atoms with E-state index in [9.17, 15) is 14.7 Å². The number of amides is 2. The van der Waals surface area contributed by atoms with E-state index in [-0.39, 0.29) is 23.5 Å². The van der Waals surface area contributed by atoms with E-state index in [4.69, 9.17) is 4.74 Å². The molecule has 0 radical (unpaired) electrons. The zero-order valence-electron chi connectivity index (χ0n) is 16.7. The standard InChI is InChI=1S/C23H24N2O4/c1-23(2,3)25-22(28)29-14-15-8-11-17(12-9-15)24-21(27)19-13-10-16-6-4-5-7-18(16)20(19)26/h4-13,26H,14H2,1-3H3,(H,24,27)(H,25,28). The number of phenols is 1. The molecule has 0 fully saturated rings. The maximum absolute atomic E-state index is 12.6. The van der Waals surface area contributed by atoms with Gasteiger partial charge < -0.3 is 20.5 Å². The van der Waals surface area contributed by atoms with Crippen LogP contribution in [0, 0.1) is 0 Å². The summed E-state index contributed by atoms with van der Waals surface area (Å²) in [6, 6.07) is 17.7. The van der Waals surface area contributed by atoms with Crippen molar-refractivity contribution >= 4 is 28.5 Å². The number of carbonyl (C=O) groups excluding carboxylic acids is 2. The number of anilines is 1. The minimum absolute atomic E-state index is 0.0459. The summed E-state index contributed by atoms with van der Waals surface area (Å²) in [6.45, 7) is 5.75. The molecule has 0 heterocycles. The lowest BCUT2D eigenvalue weighted by atomic mass is 10.0. The Morgan fingerprint density at radius 3 is 2.34 bits per heavy atom. The van der Waals surface area contributed by atoms with E-state index in [2.05, 4.69) is 10.6 Å². The normalized spacial score (nSPS) is 11.1. The zero-order chi connectivity index (χ0) is 21.0. The SMILES string of the molecule is CC(C)(C)NC(=O)OCc1ccc(NC(=O)c2ccc3ccccc3c2O)cc1. The fraction of sp³-hybridized carbons (Fsp3) is 0.217. The minimum atomic E-state index is -0.485. The van der Waals surface area contributed by atoms with Crippen LogP contribution in [-0.4, -0.2) is 22.6 Å². The molecule has 0 unspecified atom stereocenters. The van der Waals surface area contributed by atoms with E-state index in [0.717, 1.165) is 10.9 Å². The van der Waals surface area contributed by atoms with E-state index in [1.807, 2.05) is 39.0 Å². The smallest absolute Gasteiger partial charge is 0.407 e. The number of ether oxygens (including phenoxy) is 1. The van der Waals surface area contributed by atoms with Gasteiger partial charge in [-0.1, -0.05) is 42.5 Å². The van der Waals surface area contributed by atoms with Gasteiger partial charge >= 0.3 is 6.09 Å². The first-order valence-corrected chi connectivity index (χ1v) is 9.29. The average Bonchev–Trinajstić information content (AvgIpc) is 2.66. The molecule has 0 aliphatic carbocycles. The molecule has 0 spiro atoms. The van der Waals surface area contributed by atoms with Gasteiger partial charge in [0, 0.05) is 16.6 Å². The van der Waals surface area contributed by atoms with Crippen LogP contribution >= 0.6 is 0 Å². The molecule has 0 saturated carbocycles. The Kier molecular flexibility index (Phi) is 5.73. The molecule has 150 valence electrons. The van der Waals surface area contributed by atoms with Gasteiger partial charge in [-0.15, -0.1) is 0 Å². The van der Waals surface area contributed by atoms with Crippen molar-refractivity contribution in [3.63, 3.8) is 0 Å². The second-order valence-corrected chi connectivity index (χ2v) is 7.79. The number of phenolic OH excluding ortho intramolecular Hbond substituents is 1. The van der Waals surface area contributed by atoms with E-state index in [1.165, 1.54) is 0 Å². The van der Waals surface area contributed by atoms with Crippen LogP contribution in [0.1, 0.15) is 36.7 Å². The minimum Gasteiger partial charge on any atom is -0.506 e. The summed E-state index contributed by atoms with van der Waals surface area (Å²) in [4.78, 5) is 24.3. The summed E-state index contributed by atoms with van der Waals surface area (Å²) >= 11 is 0. The summed E-state index contributed by atoms with van der Waals surface area (Å²) < 4.78 is 5.18. The van der Waals surface area contributed by atoms with Crippen molar-refractivity contribution in [2.24, 2.45) is 0 Å². The van der Waals surface area contributed by atoms with Gasteiger partial charge in [-0.05, 0) is 49.9 Å². The quantitative estimate of drug-likeness (QED) is 0.594. The molecule has 3 N–H and O–H groups in total. The Morgan fingerprint density at radius 1 is 0.966 bits per heavy atom. The van der Waals surface area contributed by atoms with E-state index in [0.29, 0.717) is 11.1 Å². The highest BCUT2D eigenvalue weighted by Crippen LogP contribution is 2.29. The molecule has 0 aliphatic rings. The molecule has 0 bridgehead atoms. The van der Waals surface area contributed by atoms with Crippen LogP contribution in [0.3, 0.4) is 0 Å². The van der Waals surface area contributed by atoms with Gasteiger partial charge in [-0.2, -0.15) is 0 Å². The largest absolute Gasteiger partial charge is 0.506 e. The molecule has 29 heavy (non-hydrogen) atoms. The van der Waals surface area contributed by atoms with Gasteiger partial charge in [0.2, 0.25) is 0 Å². The van der Waals surface area contributed by atoms with Gasteiger partial charge in [0.15, 0.2) is 0 Å². The number of benzene rings is 3. The zero-order valence-corrected chi connectivity index (χ0v) is 16.7. The molecule has 0 atom stereocenters. The van der Waals surface area contributed by atoms with E-state index >= 15 is 0 Å². The van der Waals surface area contributed by atoms with Gasteiger partial charge in [0.05, 0.1) is 5.56 Å². The lowest BCUT2D eigenvalue weighted by Crippen LogP contribution is -2.40. The lowest BCUT2D eigenvalue weighted by Gasteiger charge is -2.19. The Balaban J connectivity index is 1.63. The molecule has 3 aromatic rings. The summed E-state index contributed by atoms with van der Waals surface area (Å²) in [6.07, 6.45) is -0.485. The first-order valence-electron chi connectivity index (χ1n) is 9.29. The second-order valence-electron chi connectivity index (χ2n) is 7.79. The number of fused-ring (bicyclic) bond motifs is 1. The third-order valence-corrected chi connectivity index (χ3v) is 4.20. The monoisotopic (exact) mass is 392 g/mol. The van der Waals surface area contributed by atoms with Gasteiger partial charge in [-0.25, -0.2) is 4.79 Å². The summed E-state index contributed by atoms with van der Waals surface area (Å²) in [7, 11) is 0. The van der Waals surface area contributed by atoms with Gasteiger partial charge in [0.25, 0.3) is 5.91 Å². The van der Waals surface area contributed by atoms with Crippen molar-refractivity contribution in [2.75, 3.05) is 5.32 Å². The molecule has 0 saturated heterocycles. The number of hydrogen-bond acceptors (Lipinski definition) is 4. The predicted octanol–water partition coefficient (Wildman–Crippen LogP) is 4.82. The molecular weight excluding hydrogens is 368 g/mol. The fourth-order valence-electron chi connectivity index (χ4n) is 2.81. The van der Waals surface area contributed by atoms with Crippen molar-refractivity contribution in [1.82, 2.24) is 5.32 Å². The molecule has 0 aliphatic heterocycles. The van der Waals surface area contributed by atoms with Crippen molar-refractivity contribution in [1.29, 1.82) is 0 Å². The van der Waals surface area contributed by atoms with Crippen LogP contribution in [0.25, 0.3) is 10.8 Å². The average molecular weight is 392 g/mol. The van der Waals surface area contributed by atoms with Crippen LogP contribution in [0.5, 0.6) is 5.75 Å². The van der Waals surface area contributed by atoms with Crippen molar-refractivity contribution < 1.29 is 19.4 Å². The Hall–Kier alpha value is -3.54. The summed E-state index contributed by atoms with van der Waals surface area (Å²) in [5.41, 5.74) is 1.21. The number of carbonyl (C=O) groups is 2. The topological polar surface area (TPSA) is 87.7 Å². The summed E-state index contributed by atoms with van der Waals surface area (Å²) in [5.74, 6) is -0.447. The third kappa shape index (κ3) is 5.25. The molecule has 3 aromatic carbocycles. The Morgan fingerprint density at radius 2 is 1.66 bits per heavy atom. The number of aromatic hydroxyl groups is 1. The first-order chi connectivity index (χ1) is 13.7. The Bertz CT molecular complexity index is 1040. The highest BCUT2D eigenvalue weighted by atomic mass is 16.5. The second kappa shape index (κ2) is 8.22. The molecule has 6 nitrogen and oxygen atoms in total. The third-order valence-electron chi connectivity index (χ3n) is 4.20. The van der Waals surface area contributed by atoms with Crippen molar-refractivity contribution in [3.8, 4) is 5.75 Å². The van der Waals surface area contributed by atoms with Crippen LogP contribution in [-0.2, 0) is 11.3 Å². The van der Waals surface area contributed by atoms with Crippen LogP contribution in [0.4, 0.5) is 10.5 Å². The molecule has 0 aromatic heterocycles. The summed E-state index contributed by atoms with van der Waals surface area (Å²) in [5, 5.41) is 17.4. The van der Waals surface area contributed by atoms with Crippen LogP contribution in [0.2, 0.25) is 0 Å². The fourth-order valence-corrected chi connectivity index (χ4v) is 2.81. The molecule has 2 amide bonds. The van der Waals surface area contributed by atoms with Gasteiger partial charge in [0.1, 0.15) is 12.4 Å². The molecule has 6 heteroatoms. The molecular formula is C23H24N2O4. The maximum atomic E-state index is 12.6.